The lowest BCUT2D eigenvalue weighted by Gasteiger charge is -2.18. The molecular formula is C55H90Br6O4. The lowest BCUT2D eigenvalue weighted by Crippen LogP contribution is -2.24. The summed E-state index contributed by atoms with van der Waals surface area (Å²) in [6.07, 6.45) is 44.9. The second-order valence-electron chi connectivity index (χ2n) is 18.5. The third-order valence-corrected chi connectivity index (χ3v) is 15.9. The molecule has 4 nitrogen and oxygen atoms in total. The predicted octanol–water partition coefficient (Wildman–Crippen LogP) is 21.2. The Balaban J connectivity index is 1.55. The number of ether oxygens (including phenoxy) is 4. The number of alkyl halides is 2. The maximum Gasteiger partial charge on any atom is 0.147 e. The van der Waals surface area contributed by atoms with Gasteiger partial charge < -0.3 is 18.9 Å². The maximum absolute atomic E-state index is 6.30. The number of halogens is 6. The van der Waals surface area contributed by atoms with Crippen molar-refractivity contribution in [1.29, 1.82) is 0 Å². The van der Waals surface area contributed by atoms with Crippen LogP contribution in [-0.2, 0) is 15.9 Å². The highest BCUT2D eigenvalue weighted by Gasteiger charge is 2.16. The maximum atomic E-state index is 6.30. The Morgan fingerprint density at radius 3 is 1.05 bits per heavy atom. The highest BCUT2D eigenvalue weighted by molar-refractivity contribution is 9.11. The number of hydrogen-bond acceptors (Lipinski definition) is 4. The zero-order valence-corrected chi connectivity index (χ0v) is 50.5. The Labute approximate surface area is 450 Å². The molecule has 0 saturated heterocycles. The molecule has 0 amide bonds. The summed E-state index contributed by atoms with van der Waals surface area (Å²) in [5.41, 5.74) is 2.34. The van der Waals surface area contributed by atoms with Crippen LogP contribution in [0.1, 0.15) is 230 Å². The molecule has 2 atom stereocenters. The Morgan fingerprint density at radius 2 is 0.708 bits per heavy atom. The van der Waals surface area contributed by atoms with Crippen molar-refractivity contribution < 1.29 is 18.9 Å². The molecule has 0 heterocycles. The molecule has 0 saturated carbocycles. The largest absolute Gasteiger partial charge is 0.490 e. The quantitative estimate of drug-likeness (QED) is 0.0489. The number of hydrogen-bond donors (Lipinski definition) is 0. The van der Waals surface area contributed by atoms with Crippen LogP contribution in [0.2, 0.25) is 0 Å². The molecule has 0 spiro atoms. The van der Waals surface area contributed by atoms with Crippen molar-refractivity contribution in [1.82, 2.24) is 0 Å². The fraction of sp³-hybridized carbons (Fsp3) is 0.782. The molecule has 0 radical (unpaired) electrons. The Morgan fingerprint density at radius 1 is 0.400 bits per heavy atom. The van der Waals surface area contributed by atoms with Gasteiger partial charge in [-0.2, -0.15) is 0 Å². The summed E-state index contributed by atoms with van der Waals surface area (Å²) in [5.74, 6) is 1.61. The van der Waals surface area contributed by atoms with Gasteiger partial charge in [-0.15, -0.1) is 0 Å². The van der Waals surface area contributed by atoms with Gasteiger partial charge in [0.1, 0.15) is 30.8 Å². The Bertz CT molecular complexity index is 1370. The average molecular weight is 1290 g/mol. The average Bonchev–Trinajstić information content (AvgIpc) is 3.28. The molecule has 0 aliphatic carbocycles. The summed E-state index contributed by atoms with van der Waals surface area (Å²) in [6, 6.07) is 8.56. The van der Waals surface area contributed by atoms with Gasteiger partial charge in [0.2, 0.25) is 0 Å². The van der Waals surface area contributed by atoms with E-state index in [0.29, 0.717) is 19.8 Å². The van der Waals surface area contributed by atoms with Crippen molar-refractivity contribution in [3.8, 4) is 11.5 Å². The molecule has 0 aliphatic rings. The van der Waals surface area contributed by atoms with E-state index in [4.69, 9.17) is 18.9 Å². The van der Waals surface area contributed by atoms with E-state index in [1.807, 2.05) is 0 Å². The molecule has 0 N–H and O–H groups in total. The standard InChI is InChI=1S/C55H90Br6O4/c1-3-5-7-9-11-13-15-17-19-21-23-25-27-29-31-33-35-62-43-48(57)44-64-54-50(58)38-46(39-51(54)59)37-47-40-52(60)55(53(61)41-47)65-45-49(42-56)63-36-34-32-30-28-26-24-22-20-18-16-14-12-10-8-6-4-2/h38-41,48-49H,3-37,42-45H2,1-2H3. The number of rotatable bonds is 46. The summed E-state index contributed by atoms with van der Waals surface area (Å²) in [6.45, 7) is 7.83. The lowest BCUT2D eigenvalue weighted by atomic mass is 10.0. The third-order valence-electron chi connectivity index (χ3n) is 12.3. The van der Waals surface area contributed by atoms with Crippen LogP contribution in [0.4, 0.5) is 0 Å². The molecule has 0 fully saturated rings. The normalized spacial score (nSPS) is 12.6. The second-order valence-corrected chi connectivity index (χ2v) is 23.9. The number of unbranched alkanes of at least 4 members (excludes halogenated alkanes) is 30. The van der Waals surface area contributed by atoms with E-state index in [-0.39, 0.29) is 10.9 Å². The van der Waals surface area contributed by atoms with Crippen LogP contribution in [0, 0.1) is 0 Å². The van der Waals surface area contributed by atoms with Crippen LogP contribution in [0.15, 0.2) is 42.2 Å². The third kappa shape index (κ3) is 33.2. The van der Waals surface area contributed by atoms with Crippen molar-refractivity contribution in [3.05, 3.63) is 53.3 Å². The number of benzene rings is 2. The van der Waals surface area contributed by atoms with Crippen LogP contribution < -0.4 is 9.47 Å². The minimum Gasteiger partial charge on any atom is -0.490 e. The molecule has 65 heavy (non-hydrogen) atoms. The smallest absolute Gasteiger partial charge is 0.147 e. The highest BCUT2D eigenvalue weighted by atomic mass is 79.9. The lowest BCUT2D eigenvalue weighted by molar-refractivity contribution is 0.0335. The van der Waals surface area contributed by atoms with Gasteiger partial charge in [-0.05, 0) is 118 Å². The zero-order chi connectivity index (χ0) is 47.0. The van der Waals surface area contributed by atoms with E-state index in [2.05, 4.69) is 134 Å². The van der Waals surface area contributed by atoms with Gasteiger partial charge in [0.15, 0.2) is 0 Å². The van der Waals surface area contributed by atoms with Crippen LogP contribution in [-0.4, -0.2) is 49.3 Å². The summed E-state index contributed by atoms with van der Waals surface area (Å²) < 4.78 is 28.4. The van der Waals surface area contributed by atoms with Gasteiger partial charge in [-0.1, -0.05) is 238 Å². The minimum atomic E-state index is 0.00106. The first-order chi connectivity index (χ1) is 31.8. The molecule has 2 aromatic carbocycles. The molecule has 2 aromatic rings. The fourth-order valence-electron chi connectivity index (χ4n) is 8.34. The van der Waals surface area contributed by atoms with E-state index in [1.54, 1.807) is 0 Å². The van der Waals surface area contributed by atoms with Gasteiger partial charge in [0.25, 0.3) is 0 Å². The van der Waals surface area contributed by atoms with E-state index in [1.165, 1.54) is 204 Å². The van der Waals surface area contributed by atoms with E-state index < -0.39 is 0 Å². The van der Waals surface area contributed by atoms with E-state index >= 15 is 0 Å². The molecule has 0 aromatic heterocycles. The van der Waals surface area contributed by atoms with Crippen molar-refractivity contribution >= 4 is 95.6 Å². The zero-order valence-electron chi connectivity index (χ0n) is 40.9. The first-order valence-corrected chi connectivity index (χ1v) is 31.6. The van der Waals surface area contributed by atoms with E-state index in [9.17, 15) is 0 Å². The van der Waals surface area contributed by atoms with Crippen molar-refractivity contribution in [2.45, 2.75) is 237 Å². The predicted molar refractivity (Wildman–Crippen MR) is 304 cm³/mol. The first kappa shape index (κ1) is 62.0. The minimum absolute atomic E-state index is 0.00106. The van der Waals surface area contributed by atoms with Gasteiger partial charge in [0.05, 0.1) is 29.3 Å². The molecular weight excluding hydrogens is 1200 g/mol. The van der Waals surface area contributed by atoms with Gasteiger partial charge in [-0.25, -0.2) is 0 Å². The SMILES string of the molecule is CCCCCCCCCCCCCCCCCCOCC(Br)COc1c(Br)cc(Cc2cc(Br)c(OCC(CBr)OCCCCCCCCCCCCCCCCCC)c(Br)c2)cc1Br. The van der Waals surface area contributed by atoms with Crippen molar-refractivity contribution in [2.75, 3.05) is 38.4 Å². The fourth-order valence-corrected chi connectivity index (χ4v) is 12.1. The van der Waals surface area contributed by atoms with Gasteiger partial charge in [-0.3, -0.25) is 0 Å². The summed E-state index contributed by atoms with van der Waals surface area (Å²) in [5, 5.41) is 0.742. The van der Waals surface area contributed by atoms with Gasteiger partial charge >= 0.3 is 0 Å². The molecule has 2 unspecified atom stereocenters. The van der Waals surface area contributed by atoms with Crippen molar-refractivity contribution in [3.63, 3.8) is 0 Å². The summed E-state index contributed by atoms with van der Waals surface area (Å²) in [4.78, 5) is 0.123. The van der Waals surface area contributed by atoms with Crippen molar-refractivity contribution in [2.24, 2.45) is 0 Å². The summed E-state index contributed by atoms with van der Waals surface area (Å²) >= 11 is 22.5. The highest BCUT2D eigenvalue weighted by Crippen LogP contribution is 2.38. The van der Waals surface area contributed by atoms with Crippen LogP contribution in [0.3, 0.4) is 0 Å². The monoisotopic (exact) mass is 1290 g/mol. The van der Waals surface area contributed by atoms with Gasteiger partial charge in [0, 0.05) is 18.5 Å². The molecule has 10 heteroatoms. The van der Waals surface area contributed by atoms with Crippen LogP contribution >= 0.6 is 95.6 Å². The Hall–Kier alpha value is 0.840. The summed E-state index contributed by atoms with van der Waals surface area (Å²) in [7, 11) is 0. The molecule has 0 bridgehead atoms. The molecule has 376 valence electrons. The van der Waals surface area contributed by atoms with Crippen LogP contribution in [0.5, 0.6) is 11.5 Å². The first-order valence-electron chi connectivity index (χ1n) is 26.4. The second kappa shape index (κ2) is 43.6. The van der Waals surface area contributed by atoms with Crippen LogP contribution in [0.25, 0.3) is 0 Å². The van der Waals surface area contributed by atoms with E-state index in [0.717, 1.165) is 67.2 Å². The topological polar surface area (TPSA) is 36.9 Å². The Kier molecular flexibility index (Phi) is 41.6. The molecule has 2 rings (SSSR count). The molecule has 0 aliphatic heterocycles.